The topological polar surface area (TPSA) is 64.6 Å². The maximum atomic E-state index is 12.1. The second-order valence-electron chi connectivity index (χ2n) is 5.41. The number of esters is 1. The van der Waals surface area contributed by atoms with Crippen molar-refractivity contribution in [3.05, 3.63) is 59.1 Å². The number of carbonyl (C=O) groups is 2. The Balaban J connectivity index is 1.78. The number of carbonyl (C=O) groups excluding carboxylic acids is 2. The third-order valence-electron chi connectivity index (χ3n) is 3.48. The van der Waals surface area contributed by atoms with Crippen LogP contribution in [0.15, 0.2) is 48.5 Å². The predicted octanol–water partition coefficient (Wildman–Crippen LogP) is 3.85. The predicted molar refractivity (Wildman–Crippen MR) is 97.0 cm³/mol. The van der Waals surface area contributed by atoms with E-state index < -0.39 is 18.0 Å². The van der Waals surface area contributed by atoms with Crippen LogP contribution in [-0.2, 0) is 20.7 Å². The lowest BCUT2D eigenvalue weighted by molar-refractivity contribution is -0.155. The van der Waals surface area contributed by atoms with Crippen molar-refractivity contribution < 1.29 is 19.1 Å². The monoisotopic (exact) mass is 361 g/mol. The van der Waals surface area contributed by atoms with Gasteiger partial charge in [0, 0.05) is 10.7 Å². The Hall–Kier alpha value is -2.53. The van der Waals surface area contributed by atoms with Gasteiger partial charge in [0.2, 0.25) is 0 Å². The molecular weight excluding hydrogens is 342 g/mol. The molecule has 25 heavy (non-hydrogen) atoms. The molecule has 0 radical (unpaired) electrons. The molecular formula is C19H20ClNO4. The van der Waals surface area contributed by atoms with E-state index in [2.05, 4.69) is 12.2 Å². The Labute approximate surface area is 151 Å². The molecule has 0 heterocycles. The number of ether oxygens (including phenoxy) is 2. The van der Waals surface area contributed by atoms with Crippen molar-refractivity contribution in [2.75, 3.05) is 11.9 Å². The molecule has 6 heteroatoms. The first-order valence-corrected chi connectivity index (χ1v) is 8.33. The molecule has 0 aliphatic rings. The largest absolute Gasteiger partial charge is 0.482 e. The van der Waals surface area contributed by atoms with Crippen LogP contribution in [0.25, 0.3) is 0 Å². The summed E-state index contributed by atoms with van der Waals surface area (Å²) >= 11 is 5.77. The molecule has 1 amide bonds. The van der Waals surface area contributed by atoms with E-state index in [1.165, 1.54) is 12.5 Å². The van der Waals surface area contributed by atoms with Crippen molar-refractivity contribution in [3.63, 3.8) is 0 Å². The summed E-state index contributed by atoms with van der Waals surface area (Å²) in [6.45, 7) is 3.28. The molecule has 5 nitrogen and oxygen atoms in total. The highest BCUT2D eigenvalue weighted by Crippen LogP contribution is 2.15. The van der Waals surface area contributed by atoms with Crippen LogP contribution in [0.5, 0.6) is 5.75 Å². The van der Waals surface area contributed by atoms with Crippen molar-refractivity contribution in [1.82, 2.24) is 0 Å². The van der Waals surface area contributed by atoms with Crippen molar-refractivity contribution >= 4 is 29.2 Å². The SMILES string of the molecule is CCc1ccc(NC(=O)[C@@H](C)OC(=O)COc2ccc(Cl)cc2)cc1. The van der Waals surface area contributed by atoms with Gasteiger partial charge >= 0.3 is 5.97 Å². The molecule has 132 valence electrons. The molecule has 2 rings (SSSR count). The Morgan fingerprint density at radius 1 is 1.08 bits per heavy atom. The van der Waals surface area contributed by atoms with Crippen LogP contribution in [0.4, 0.5) is 5.69 Å². The molecule has 1 N–H and O–H groups in total. The molecule has 0 saturated heterocycles. The van der Waals surface area contributed by atoms with Crippen molar-refractivity contribution in [2.24, 2.45) is 0 Å². The highest BCUT2D eigenvalue weighted by molar-refractivity contribution is 6.30. The fourth-order valence-corrected chi connectivity index (χ4v) is 2.15. The number of nitrogens with one attached hydrogen (secondary N) is 1. The summed E-state index contributed by atoms with van der Waals surface area (Å²) in [5, 5.41) is 3.28. The van der Waals surface area contributed by atoms with Gasteiger partial charge in [-0.1, -0.05) is 30.7 Å². The lowest BCUT2D eigenvalue weighted by Crippen LogP contribution is -2.31. The van der Waals surface area contributed by atoms with E-state index >= 15 is 0 Å². The normalized spacial score (nSPS) is 11.5. The zero-order valence-corrected chi connectivity index (χ0v) is 14.9. The number of benzene rings is 2. The van der Waals surface area contributed by atoms with E-state index in [1.54, 1.807) is 24.3 Å². The van der Waals surface area contributed by atoms with Gasteiger partial charge in [-0.15, -0.1) is 0 Å². The second-order valence-corrected chi connectivity index (χ2v) is 5.85. The zero-order valence-electron chi connectivity index (χ0n) is 14.1. The Kier molecular flexibility index (Phi) is 6.83. The number of amides is 1. The summed E-state index contributed by atoms with van der Waals surface area (Å²) in [6.07, 6.45) is 0.00253. The number of hydrogen-bond donors (Lipinski definition) is 1. The van der Waals surface area contributed by atoms with Crippen molar-refractivity contribution in [1.29, 1.82) is 0 Å². The van der Waals surface area contributed by atoms with Crippen molar-refractivity contribution in [2.45, 2.75) is 26.4 Å². The van der Waals surface area contributed by atoms with Gasteiger partial charge in [-0.05, 0) is 55.3 Å². The third kappa shape index (κ3) is 6.12. The summed E-state index contributed by atoms with van der Waals surface area (Å²) in [5.41, 5.74) is 1.83. The minimum absolute atomic E-state index is 0.287. The minimum atomic E-state index is -0.924. The van der Waals surface area contributed by atoms with E-state index in [-0.39, 0.29) is 6.61 Å². The maximum absolute atomic E-state index is 12.1. The van der Waals surface area contributed by atoms with E-state index in [1.807, 2.05) is 24.3 Å². The van der Waals surface area contributed by atoms with Gasteiger partial charge in [-0.2, -0.15) is 0 Å². The molecule has 1 atom stereocenters. The fourth-order valence-electron chi connectivity index (χ4n) is 2.03. The highest BCUT2D eigenvalue weighted by atomic mass is 35.5. The highest BCUT2D eigenvalue weighted by Gasteiger charge is 2.18. The first-order valence-electron chi connectivity index (χ1n) is 7.95. The number of halogens is 1. The first-order chi connectivity index (χ1) is 12.0. The van der Waals surface area contributed by atoms with Crippen molar-refractivity contribution in [3.8, 4) is 5.75 Å². The molecule has 0 aromatic heterocycles. The van der Waals surface area contributed by atoms with Crippen LogP contribution in [0.3, 0.4) is 0 Å². The first kappa shape index (κ1) is 18.8. The molecule has 2 aromatic carbocycles. The van der Waals surface area contributed by atoms with Gasteiger partial charge in [-0.25, -0.2) is 4.79 Å². The average Bonchev–Trinajstić information content (AvgIpc) is 2.61. The van der Waals surface area contributed by atoms with Gasteiger partial charge < -0.3 is 14.8 Å². The minimum Gasteiger partial charge on any atom is -0.482 e. The Morgan fingerprint density at radius 3 is 2.32 bits per heavy atom. The number of rotatable bonds is 7. The number of aryl methyl sites for hydroxylation is 1. The second kappa shape index (κ2) is 9.08. The van der Waals surface area contributed by atoms with Crippen LogP contribution in [-0.4, -0.2) is 24.6 Å². The van der Waals surface area contributed by atoms with Gasteiger partial charge in [0.25, 0.3) is 5.91 Å². The van der Waals surface area contributed by atoms with Crippen LogP contribution >= 0.6 is 11.6 Å². The van der Waals surface area contributed by atoms with Crippen LogP contribution in [0.1, 0.15) is 19.4 Å². The lowest BCUT2D eigenvalue weighted by Gasteiger charge is -2.14. The van der Waals surface area contributed by atoms with Crippen LogP contribution in [0.2, 0.25) is 5.02 Å². The smallest absolute Gasteiger partial charge is 0.344 e. The van der Waals surface area contributed by atoms with E-state index in [0.29, 0.717) is 16.5 Å². The van der Waals surface area contributed by atoms with E-state index in [0.717, 1.165) is 6.42 Å². The molecule has 0 bridgehead atoms. The number of anilines is 1. The van der Waals surface area contributed by atoms with Crippen LogP contribution < -0.4 is 10.1 Å². The summed E-state index contributed by atoms with van der Waals surface area (Å²) in [6, 6.07) is 14.1. The Bertz CT molecular complexity index is 713. The molecule has 0 unspecified atom stereocenters. The molecule has 0 spiro atoms. The molecule has 0 saturated carbocycles. The average molecular weight is 362 g/mol. The Morgan fingerprint density at radius 2 is 1.72 bits per heavy atom. The van der Waals surface area contributed by atoms with Crippen LogP contribution in [0, 0.1) is 0 Å². The van der Waals surface area contributed by atoms with Gasteiger partial charge in [0.15, 0.2) is 12.7 Å². The molecule has 0 aliphatic heterocycles. The molecule has 0 aliphatic carbocycles. The van der Waals surface area contributed by atoms with Gasteiger partial charge in [-0.3, -0.25) is 4.79 Å². The maximum Gasteiger partial charge on any atom is 0.344 e. The lowest BCUT2D eigenvalue weighted by atomic mass is 10.1. The third-order valence-corrected chi connectivity index (χ3v) is 3.73. The summed E-state index contributed by atoms with van der Waals surface area (Å²) < 4.78 is 10.4. The summed E-state index contributed by atoms with van der Waals surface area (Å²) in [4.78, 5) is 23.9. The van der Waals surface area contributed by atoms with E-state index in [4.69, 9.17) is 21.1 Å². The van der Waals surface area contributed by atoms with E-state index in [9.17, 15) is 9.59 Å². The summed E-state index contributed by atoms with van der Waals surface area (Å²) in [5.74, 6) is -0.530. The quantitative estimate of drug-likeness (QED) is 0.761. The standard InChI is InChI=1S/C19H20ClNO4/c1-3-14-4-8-16(9-5-14)21-19(23)13(2)25-18(22)12-24-17-10-6-15(20)7-11-17/h4-11,13H,3,12H2,1-2H3,(H,21,23)/t13-/m1/s1. The number of hydrogen-bond acceptors (Lipinski definition) is 4. The summed E-state index contributed by atoms with van der Waals surface area (Å²) in [7, 11) is 0. The molecule has 2 aromatic rings. The molecule has 0 fully saturated rings. The zero-order chi connectivity index (χ0) is 18.2. The van der Waals surface area contributed by atoms with Gasteiger partial charge in [0.1, 0.15) is 5.75 Å². The fraction of sp³-hybridized carbons (Fsp3) is 0.263. The van der Waals surface area contributed by atoms with Gasteiger partial charge in [0.05, 0.1) is 0 Å².